The zero-order valence-corrected chi connectivity index (χ0v) is 19.7. The predicted molar refractivity (Wildman–Crippen MR) is 139 cm³/mol. The fourth-order valence-corrected chi connectivity index (χ4v) is 3.99. The molecule has 0 bridgehead atoms. The summed E-state index contributed by atoms with van der Waals surface area (Å²) in [6.07, 6.45) is 1.61. The molecular weight excluding hydrogens is 436 g/mol. The zero-order valence-electron chi connectivity index (χ0n) is 19.7. The summed E-state index contributed by atoms with van der Waals surface area (Å²) in [7, 11) is 0. The van der Waals surface area contributed by atoms with Crippen molar-refractivity contribution in [3.8, 4) is 28.0 Å². The first-order valence-electron chi connectivity index (χ1n) is 12.1. The average Bonchev–Trinajstić information content (AvgIpc) is 3.83. The first-order chi connectivity index (χ1) is 17.3. The SMILES string of the molecule is C(OCC1CO1)C1CO1.Oc1ccccc1-c1ccc(-c2ccccc2)cc1Cc1ccccc1. The molecule has 178 valence electrons. The van der Waals surface area contributed by atoms with Crippen LogP contribution < -0.4 is 0 Å². The summed E-state index contributed by atoms with van der Waals surface area (Å²) >= 11 is 0. The molecule has 2 unspecified atom stereocenters. The Bertz CT molecular complexity index is 1200. The quantitative estimate of drug-likeness (QED) is 0.318. The molecule has 2 saturated heterocycles. The van der Waals surface area contributed by atoms with Gasteiger partial charge in [-0.2, -0.15) is 0 Å². The van der Waals surface area contributed by atoms with E-state index in [-0.39, 0.29) is 0 Å². The molecule has 0 saturated carbocycles. The highest BCUT2D eigenvalue weighted by molar-refractivity contribution is 5.77. The molecule has 2 aliphatic heterocycles. The van der Waals surface area contributed by atoms with Crippen molar-refractivity contribution in [2.24, 2.45) is 0 Å². The van der Waals surface area contributed by atoms with Crippen LogP contribution in [0, 0.1) is 0 Å². The Morgan fingerprint density at radius 3 is 1.89 bits per heavy atom. The summed E-state index contributed by atoms with van der Waals surface area (Å²) in [6, 6.07) is 34.9. The van der Waals surface area contributed by atoms with Gasteiger partial charge >= 0.3 is 0 Å². The van der Waals surface area contributed by atoms with Gasteiger partial charge in [0, 0.05) is 5.56 Å². The Morgan fingerprint density at radius 1 is 0.657 bits per heavy atom. The summed E-state index contributed by atoms with van der Waals surface area (Å²) in [5.74, 6) is 0.314. The highest BCUT2D eigenvalue weighted by Gasteiger charge is 2.26. The molecule has 2 heterocycles. The number of phenols is 1. The standard InChI is InChI=1S/C25H20O.C6H10O3/c26-25-14-8-7-13-24(25)23-16-15-21(20-11-5-2-6-12-20)18-22(23)17-19-9-3-1-4-10-19;1(5-3-8-5)7-2-6-4-9-6/h1-16,18,26H,17H2;5-6H,1-4H2. The third kappa shape index (κ3) is 6.80. The molecular formula is C31H30O4. The van der Waals surface area contributed by atoms with E-state index in [0.29, 0.717) is 18.0 Å². The van der Waals surface area contributed by atoms with E-state index in [1.54, 1.807) is 6.07 Å². The number of hydrogen-bond acceptors (Lipinski definition) is 4. The maximum absolute atomic E-state index is 10.3. The molecule has 0 spiro atoms. The van der Waals surface area contributed by atoms with E-state index in [9.17, 15) is 5.11 Å². The highest BCUT2D eigenvalue weighted by atomic mass is 16.6. The second kappa shape index (κ2) is 11.3. The predicted octanol–water partition coefficient (Wildman–Crippen LogP) is 6.12. The Morgan fingerprint density at radius 2 is 1.26 bits per heavy atom. The minimum atomic E-state index is 0.314. The molecule has 4 aromatic carbocycles. The van der Waals surface area contributed by atoms with E-state index in [0.717, 1.165) is 44.0 Å². The molecule has 4 nitrogen and oxygen atoms in total. The van der Waals surface area contributed by atoms with Crippen LogP contribution >= 0.6 is 0 Å². The van der Waals surface area contributed by atoms with Crippen molar-refractivity contribution in [2.75, 3.05) is 26.4 Å². The van der Waals surface area contributed by atoms with Gasteiger partial charge in [0.05, 0.1) is 26.4 Å². The second-order valence-electron chi connectivity index (χ2n) is 8.87. The van der Waals surface area contributed by atoms with Crippen molar-refractivity contribution in [3.63, 3.8) is 0 Å². The topological polar surface area (TPSA) is 54.5 Å². The summed E-state index contributed by atoms with van der Waals surface area (Å²) in [4.78, 5) is 0. The van der Waals surface area contributed by atoms with Gasteiger partial charge in [-0.05, 0) is 40.3 Å². The Kier molecular flexibility index (Phi) is 7.54. The van der Waals surface area contributed by atoms with Crippen molar-refractivity contribution in [1.29, 1.82) is 0 Å². The van der Waals surface area contributed by atoms with Crippen LogP contribution in [-0.4, -0.2) is 43.7 Å². The highest BCUT2D eigenvalue weighted by Crippen LogP contribution is 2.35. The van der Waals surface area contributed by atoms with E-state index >= 15 is 0 Å². The molecule has 0 radical (unpaired) electrons. The van der Waals surface area contributed by atoms with Gasteiger partial charge < -0.3 is 19.3 Å². The normalized spacial score (nSPS) is 17.8. The number of hydrogen-bond donors (Lipinski definition) is 1. The van der Waals surface area contributed by atoms with Gasteiger partial charge in [0.2, 0.25) is 0 Å². The van der Waals surface area contributed by atoms with E-state index in [1.165, 1.54) is 22.3 Å². The van der Waals surface area contributed by atoms with Crippen LogP contribution in [0.3, 0.4) is 0 Å². The van der Waals surface area contributed by atoms with Crippen LogP contribution in [0.1, 0.15) is 11.1 Å². The van der Waals surface area contributed by atoms with Gasteiger partial charge in [-0.1, -0.05) is 97.1 Å². The van der Waals surface area contributed by atoms with Crippen molar-refractivity contribution < 1.29 is 19.3 Å². The van der Waals surface area contributed by atoms with Crippen LogP contribution in [-0.2, 0) is 20.6 Å². The van der Waals surface area contributed by atoms with E-state index < -0.39 is 0 Å². The Labute approximate surface area is 206 Å². The summed E-state index contributed by atoms with van der Waals surface area (Å²) in [5, 5.41) is 10.3. The Balaban J connectivity index is 0.000000234. The van der Waals surface area contributed by atoms with Gasteiger partial charge in [0.1, 0.15) is 18.0 Å². The number of epoxide rings is 2. The number of benzene rings is 4. The summed E-state index contributed by atoms with van der Waals surface area (Å²) in [6.45, 7) is 3.26. The van der Waals surface area contributed by atoms with Crippen LogP contribution in [0.4, 0.5) is 0 Å². The lowest BCUT2D eigenvalue weighted by Gasteiger charge is -2.14. The molecule has 2 atom stereocenters. The molecule has 0 amide bonds. The molecule has 6 rings (SSSR count). The molecule has 2 fully saturated rings. The molecule has 4 heteroatoms. The average molecular weight is 467 g/mol. The van der Waals surface area contributed by atoms with Crippen molar-refractivity contribution in [2.45, 2.75) is 18.6 Å². The molecule has 4 aromatic rings. The monoisotopic (exact) mass is 466 g/mol. The van der Waals surface area contributed by atoms with Crippen LogP contribution in [0.15, 0.2) is 103 Å². The third-order valence-electron chi connectivity index (χ3n) is 6.06. The van der Waals surface area contributed by atoms with E-state index in [2.05, 4.69) is 66.7 Å². The fraction of sp³-hybridized carbons (Fsp3) is 0.226. The zero-order chi connectivity index (χ0) is 23.9. The lowest BCUT2D eigenvalue weighted by Crippen LogP contribution is -2.06. The van der Waals surface area contributed by atoms with Crippen molar-refractivity contribution in [1.82, 2.24) is 0 Å². The second-order valence-corrected chi connectivity index (χ2v) is 8.87. The van der Waals surface area contributed by atoms with Gasteiger partial charge in [-0.15, -0.1) is 0 Å². The lowest BCUT2D eigenvalue weighted by atomic mass is 9.91. The smallest absolute Gasteiger partial charge is 0.123 e. The molecule has 35 heavy (non-hydrogen) atoms. The molecule has 0 aromatic heterocycles. The molecule has 1 N–H and O–H groups in total. The van der Waals surface area contributed by atoms with Crippen molar-refractivity contribution >= 4 is 0 Å². The minimum Gasteiger partial charge on any atom is -0.507 e. The summed E-state index contributed by atoms with van der Waals surface area (Å²) < 4.78 is 15.1. The van der Waals surface area contributed by atoms with Gasteiger partial charge in [0.15, 0.2) is 0 Å². The van der Waals surface area contributed by atoms with Gasteiger partial charge in [-0.25, -0.2) is 0 Å². The minimum absolute atomic E-state index is 0.314. The number of rotatable bonds is 8. The lowest BCUT2D eigenvalue weighted by molar-refractivity contribution is 0.102. The van der Waals surface area contributed by atoms with Gasteiger partial charge in [-0.3, -0.25) is 0 Å². The van der Waals surface area contributed by atoms with Crippen LogP contribution in [0.25, 0.3) is 22.3 Å². The number of ether oxygens (including phenoxy) is 3. The maximum atomic E-state index is 10.3. The van der Waals surface area contributed by atoms with E-state index in [4.69, 9.17) is 14.2 Å². The van der Waals surface area contributed by atoms with E-state index in [1.807, 2.05) is 30.3 Å². The third-order valence-corrected chi connectivity index (χ3v) is 6.06. The fourth-order valence-electron chi connectivity index (χ4n) is 3.99. The first-order valence-corrected chi connectivity index (χ1v) is 12.1. The number of para-hydroxylation sites is 1. The Hall–Kier alpha value is -3.44. The summed E-state index contributed by atoms with van der Waals surface area (Å²) in [5.41, 5.74) is 6.81. The maximum Gasteiger partial charge on any atom is 0.123 e. The van der Waals surface area contributed by atoms with Crippen LogP contribution in [0.5, 0.6) is 5.75 Å². The van der Waals surface area contributed by atoms with Crippen LogP contribution in [0.2, 0.25) is 0 Å². The number of aromatic hydroxyl groups is 1. The van der Waals surface area contributed by atoms with Gasteiger partial charge in [0.25, 0.3) is 0 Å². The largest absolute Gasteiger partial charge is 0.507 e. The molecule has 2 aliphatic rings. The number of phenolic OH excluding ortho intramolecular Hbond substituents is 1. The first kappa shape index (κ1) is 23.3. The molecule has 0 aliphatic carbocycles. The van der Waals surface area contributed by atoms with Crippen molar-refractivity contribution in [3.05, 3.63) is 114 Å².